The molecular formula is C16H17ClN2O3S. The fourth-order valence-electron chi connectivity index (χ4n) is 2.04. The van der Waals surface area contributed by atoms with E-state index >= 15 is 0 Å². The largest absolute Gasteiger partial charge is 0.326 e. The number of carbonyl (C=O) groups is 1. The van der Waals surface area contributed by atoms with Gasteiger partial charge in [0.2, 0.25) is 5.91 Å². The van der Waals surface area contributed by atoms with Crippen molar-refractivity contribution in [2.45, 2.75) is 25.7 Å². The number of hydrogen-bond acceptors (Lipinski definition) is 3. The Hall–Kier alpha value is -2.05. The highest BCUT2D eigenvalue weighted by Crippen LogP contribution is 2.25. The lowest BCUT2D eigenvalue weighted by molar-refractivity contribution is -0.114. The van der Waals surface area contributed by atoms with Crippen LogP contribution in [0.3, 0.4) is 0 Å². The SMILES string of the molecule is CC(=O)Nc1ccc(S(=O)(=O)Nc2cc(Cl)ccc2C)cc1C. The molecule has 1 amide bonds. The monoisotopic (exact) mass is 352 g/mol. The number of sulfonamides is 1. The van der Waals surface area contributed by atoms with E-state index in [0.717, 1.165) is 5.56 Å². The van der Waals surface area contributed by atoms with Crippen LogP contribution in [0.1, 0.15) is 18.1 Å². The second-order valence-electron chi connectivity index (χ2n) is 5.22. The predicted molar refractivity (Wildman–Crippen MR) is 92.5 cm³/mol. The molecule has 5 nitrogen and oxygen atoms in total. The molecule has 23 heavy (non-hydrogen) atoms. The molecule has 2 aromatic rings. The van der Waals surface area contributed by atoms with Crippen molar-refractivity contribution in [1.29, 1.82) is 0 Å². The van der Waals surface area contributed by atoms with Crippen molar-refractivity contribution in [1.82, 2.24) is 0 Å². The van der Waals surface area contributed by atoms with Gasteiger partial charge in [0.15, 0.2) is 0 Å². The maximum absolute atomic E-state index is 12.5. The third kappa shape index (κ3) is 4.24. The number of rotatable bonds is 4. The third-order valence-electron chi connectivity index (χ3n) is 3.26. The van der Waals surface area contributed by atoms with Crippen LogP contribution < -0.4 is 10.0 Å². The molecular weight excluding hydrogens is 336 g/mol. The van der Waals surface area contributed by atoms with Gasteiger partial charge >= 0.3 is 0 Å². The lowest BCUT2D eigenvalue weighted by Gasteiger charge is -2.13. The highest BCUT2D eigenvalue weighted by Gasteiger charge is 2.17. The number of carbonyl (C=O) groups excluding carboxylic acids is 1. The summed E-state index contributed by atoms with van der Waals surface area (Å²) in [5.74, 6) is -0.212. The van der Waals surface area contributed by atoms with Crippen LogP contribution >= 0.6 is 11.6 Å². The minimum atomic E-state index is -3.74. The molecule has 0 saturated carbocycles. The maximum atomic E-state index is 12.5. The van der Waals surface area contributed by atoms with Gasteiger partial charge in [0, 0.05) is 17.6 Å². The van der Waals surface area contributed by atoms with E-state index in [1.54, 1.807) is 38.1 Å². The van der Waals surface area contributed by atoms with Crippen LogP contribution in [0, 0.1) is 13.8 Å². The fraction of sp³-hybridized carbons (Fsp3) is 0.188. The Morgan fingerprint density at radius 1 is 1.00 bits per heavy atom. The van der Waals surface area contributed by atoms with Gasteiger partial charge in [0.05, 0.1) is 10.6 Å². The van der Waals surface area contributed by atoms with Gasteiger partial charge in [-0.15, -0.1) is 0 Å². The highest BCUT2D eigenvalue weighted by atomic mass is 35.5. The molecule has 0 fully saturated rings. The summed E-state index contributed by atoms with van der Waals surface area (Å²) >= 11 is 5.91. The number of hydrogen-bond donors (Lipinski definition) is 2. The van der Waals surface area contributed by atoms with Gasteiger partial charge in [-0.25, -0.2) is 8.42 Å². The van der Waals surface area contributed by atoms with Gasteiger partial charge in [-0.3, -0.25) is 9.52 Å². The Morgan fingerprint density at radius 2 is 1.70 bits per heavy atom. The molecule has 2 N–H and O–H groups in total. The molecule has 0 aliphatic heterocycles. The van der Waals surface area contributed by atoms with Crippen molar-refractivity contribution in [3.05, 3.63) is 52.5 Å². The summed E-state index contributed by atoms with van der Waals surface area (Å²) in [6.07, 6.45) is 0. The molecule has 0 bridgehead atoms. The lowest BCUT2D eigenvalue weighted by Crippen LogP contribution is -2.14. The second-order valence-corrected chi connectivity index (χ2v) is 7.34. The molecule has 0 radical (unpaired) electrons. The van der Waals surface area contributed by atoms with Crippen molar-refractivity contribution >= 4 is 38.9 Å². The molecule has 0 spiro atoms. The van der Waals surface area contributed by atoms with Crippen molar-refractivity contribution in [2.75, 3.05) is 10.0 Å². The van der Waals surface area contributed by atoms with E-state index < -0.39 is 10.0 Å². The normalized spacial score (nSPS) is 11.1. The molecule has 0 aromatic heterocycles. The quantitative estimate of drug-likeness (QED) is 0.880. The first-order valence-corrected chi connectivity index (χ1v) is 8.72. The summed E-state index contributed by atoms with van der Waals surface area (Å²) in [4.78, 5) is 11.2. The Bertz CT molecular complexity index is 864. The van der Waals surface area contributed by atoms with Gasteiger partial charge in [-0.1, -0.05) is 17.7 Å². The zero-order valence-corrected chi connectivity index (χ0v) is 14.5. The first kappa shape index (κ1) is 17.3. The van der Waals surface area contributed by atoms with Crippen LogP contribution in [0.25, 0.3) is 0 Å². The fourth-order valence-corrected chi connectivity index (χ4v) is 3.42. The van der Waals surface area contributed by atoms with E-state index in [1.165, 1.54) is 19.1 Å². The molecule has 0 aliphatic rings. The van der Waals surface area contributed by atoms with Gasteiger partial charge in [-0.2, -0.15) is 0 Å². The van der Waals surface area contributed by atoms with E-state index in [0.29, 0.717) is 22.0 Å². The van der Waals surface area contributed by atoms with Crippen LogP contribution in [0.15, 0.2) is 41.3 Å². The number of nitrogens with one attached hydrogen (secondary N) is 2. The topological polar surface area (TPSA) is 75.3 Å². The smallest absolute Gasteiger partial charge is 0.261 e. The number of amides is 1. The van der Waals surface area contributed by atoms with Gasteiger partial charge < -0.3 is 5.32 Å². The van der Waals surface area contributed by atoms with Crippen LogP contribution in [0.5, 0.6) is 0 Å². The molecule has 0 saturated heterocycles. The average molecular weight is 353 g/mol. The summed E-state index contributed by atoms with van der Waals surface area (Å²) in [6, 6.07) is 9.52. The van der Waals surface area contributed by atoms with Crippen LogP contribution in [0.2, 0.25) is 5.02 Å². The predicted octanol–water partition coefficient (Wildman–Crippen LogP) is 3.72. The number of aryl methyl sites for hydroxylation is 2. The van der Waals surface area contributed by atoms with Crippen molar-refractivity contribution in [3.8, 4) is 0 Å². The van der Waals surface area contributed by atoms with Gasteiger partial charge in [-0.05, 0) is 55.3 Å². The molecule has 0 aliphatic carbocycles. The maximum Gasteiger partial charge on any atom is 0.261 e. The summed E-state index contributed by atoms with van der Waals surface area (Å²) in [6.45, 7) is 4.92. The van der Waals surface area contributed by atoms with E-state index in [9.17, 15) is 13.2 Å². The minimum Gasteiger partial charge on any atom is -0.326 e. The summed E-state index contributed by atoms with van der Waals surface area (Å²) in [5.41, 5.74) is 2.44. The van der Waals surface area contributed by atoms with E-state index in [4.69, 9.17) is 11.6 Å². The molecule has 7 heteroatoms. The Labute approximate surface area is 140 Å². The molecule has 2 aromatic carbocycles. The highest BCUT2D eigenvalue weighted by molar-refractivity contribution is 7.92. The lowest BCUT2D eigenvalue weighted by atomic mass is 10.2. The van der Waals surface area contributed by atoms with Gasteiger partial charge in [0.1, 0.15) is 0 Å². The first-order chi connectivity index (χ1) is 10.7. The molecule has 0 atom stereocenters. The minimum absolute atomic E-state index is 0.114. The van der Waals surface area contributed by atoms with Crippen LogP contribution in [-0.2, 0) is 14.8 Å². The summed E-state index contributed by atoms with van der Waals surface area (Å²) in [5, 5.41) is 3.10. The zero-order chi connectivity index (χ0) is 17.2. The Morgan fingerprint density at radius 3 is 2.30 bits per heavy atom. The standard InChI is InChI=1S/C16H17ClN2O3S/c1-10-4-5-13(17)9-16(10)19-23(21,22)14-6-7-15(11(2)8-14)18-12(3)20/h4-9,19H,1-3H3,(H,18,20). The number of benzene rings is 2. The summed E-state index contributed by atoms with van der Waals surface area (Å²) < 4.78 is 27.6. The molecule has 2 rings (SSSR count). The Balaban J connectivity index is 2.34. The molecule has 122 valence electrons. The van der Waals surface area contributed by atoms with Gasteiger partial charge in [0.25, 0.3) is 10.0 Å². The van der Waals surface area contributed by atoms with Crippen LogP contribution in [0.4, 0.5) is 11.4 Å². The zero-order valence-electron chi connectivity index (χ0n) is 13.0. The van der Waals surface area contributed by atoms with Crippen molar-refractivity contribution in [2.24, 2.45) is 0 Å². The number of anilines is 2. The van der Waals surface area contributed by atoms with Crippen molar-refractivity contribution in [3.63, 3.8) is 0 Å². The molecule has 0 heterocycles. The summed E-state index contributed by atoms with van der Waals surface area (Å²) in [7, 11) is -3.74. The van der Waals surface area contributed by atoms with Crippen LogP contribution in [-0.4, -0.2) is 14.3 Å². The van der Waals surface area contributed by atoms with E-state index in [1.807, 2.05) is 0 Å². The van der Waals surface area contributed by atoms with E-state index in [2.05, 4.69) is 10.0 Å². The average Bonchev–Trinajstić information content (AvgIpc) is 2.44. The third-order valence-corrected chi connectivity index (χ3v) is 4.86. The Kier molecular flexibility index (Phi) is 4.97. The van der Waals surface area contributed by atoms with E-state index in [-0.39, 0.29) is 10.8 Å². The first-order valence-electron chi connectivity index (χ1n) is 6.86. The second kappa shape index (κ2) is 6.60. The number of halogens is 1. The van der Waals surface area contributed by atoms with Crippen molar-refractivity contribution < 1.29 is 13.2 Å². The molecule has 0 unspecified atom stereocenters.